The third kappa shape index (κ3) is 2.18. The number of halogens is 1. The van der Waals surface area contributed by atoms with Gasteiger partial charge in [0, 0.05) is 17.1 Å². The minimum atomic E-state index is 0.852. The number of aryl methyl sites for hydroxylation is 1. The van der Waals surface area contributed by atoms with E-state index in [-0.39, 0.29) is 0 Å². The third-order valence-corrected chi connectivity index (χ3v) is 3.56. The standard InChI is InChI=1S/C15H13BrN2/c1-11-2-7-14-9-17-15(18(14)10-11)8-12-3-5-13(16)6-4-12/h2-7,9-10H,8H2,1H3. The first kappa shape index (κ1) is 11.5. The molecule has 0 atom stereocenters. The number of nitrogens with zero attached hydrogens (tertiary/aromatic N) is 2. The molecule has 0 spiro atoms. The first-order valence-corrected chi connectivity index (χ1v) is 6.69. The Morgan fingerprint density at radius 2 is 1.89 bits per heavy atom. The van der Waals surface area contributed by atoms with Gasteiger partial charge in [-0.3, -0.25) is 0 Å². The minimum Gasteiger partial charge on any atom is -0.303 e. The number of hydrogen-bond donors (Lipinski definition) is 0. The Morgan fingerprint density at radius 1 is 1.11 bits per heavy atom. The Bertz CT molecular complexity index is 683. The average Bonchev–Trinajstić information content (AvgIpc) is 2.75. The lowest BCUT2D eigenvalue weighted by atomic mass is 10.1. The molecule has 0 aliphatic carbocycles. The predicted molar refractivity (Wildman–Crippen MR) is 76.9 cm³/mol. The van der Waals surface area contributed by atoms with Crippen molar-refractivity contribution in [3.63, 3.8) is 0 Å². The van der Waals surface area contributed by atoms with Gasteiger partial charge in [-0.15, -0.1) is 0 Å². The van der Waals surface area contributed by atoms with Crippen molar-refractivity contribution in [1.29, 1.82) is 0 Å². The highest BCUT2D eigenvalue weighted by Crippen LogP contribution is 2.15. The van der Waals surface area contributed by atoms with Crippen LogP contribution < -0.4 is 0 Å². The molecule has 90 valence electrons. The number of aromatic nitrogens is 2. The Labute approximate surface area is 114 Å². The lowest BCUT2D eigenvalue weighted by Crippen LogP contribution is -1.96. The molecular formula is C15H13BrN2. The van der Waals surface area contributed by atoms with E-state index in [0.717, 1.165) is 22.2 Å². The lowest BCUT2D eigenvalue weighted by Gasteiger charge is -2.03. The third-order valence-electron chi connectivity index (χ3n) is 3.03. The van der Waals surface area contributed by atoms with Crippen LogP contribution in [0, 0.1) is 6.92 Å². The number of benzene rings is 1. The van der Waals surface area contributed by atoms with Gasteiger partial charge in [-0.1, -0.05) is 34.1 Å². The van der Waals surface area contributed by atoms with E-state index in [2.05, 4.69) is 74.8 Å². The summed E-state index contributed by atoms with van der Waals surface area (Å²) < 4.78 is 3.27. The molecule has 0 bridgehead atoms. The summed E-state index contributed by atoms with van der Waals surface area (Å²) in [5, 5.41) is 0. The second-order valence-corrected chi connectivity index (χ2v) is 5.39. The second kappa shape index (κ2) is 4.58. The molecule has 0 saturated carbocycles. The maximum atomic E-state index is 4.51. The molecule has 2 nitrogen and oxygen atoms in total. The highest BCUT2D eigenvalue weighted by Gasteiger charge is 2.04. The zero-order chi connectivity index (χ0) is 12.5. The van der Waals surface area contributed by atoms with Crippen molar-refractivity contribution >= 4 is 21.4 Å². The Hall–Kier alpha value is -1.61. The molecule has 0 aliphatic rings. The largest absolute Gasteiger partial charge is 0.303 e. The molecule has 3 rings (SSSR count). The van der Waals surface area contributed by atoms with Gasteiger partial charge in [0.05, 0.1) is 11.7 Å². The van der Waals surface area contributed by atoms with Gasteiger partial charge < -0.3 is 4.40 Å². The van der Waals surface area contributed by atoms with Crippen molar-refractivity contribution in [2.24, 2.45) is 0 Å². The molecule has 0 N–H and O–H groups in total. The summed E-state index contributed by atoms with van der Waals surface area (Å²) in [5.41, 5.74) is 3.66. The van der Waals surface area contributed by atoms with Crippen LogP contribution in [0.5, 0.6) is 0 Å². The molecule has 0 aliphatic heterocycles. The fraction of sp³-hybridized carbons (Fsp3) is 0.133. The van der Waals surface area contributed by atoms with Crippen molar-refractivity contribution < 1.29 is 0 Å². The van der Waals surface area contributed by atoms with Gasteiger partial charge >= 0.3 is 0 Å². The molecule has 0 saturated heterocycles. The zero-order valence-electron chi connectivity index (χ0n) is 10.1. The summed E-state index contributed by atoms with van der Waals surface area (Å²) >= 11 is 3.45. The monoisotopic (exact) mass is 300 g/mol. The van der Waals surface area contributed by atoms with Gasteiger partial charge in [-0.05, 0) is 36.2 Å². The normalized spacial score (nSPS) is 11.0. The molecule has 3 heteroatoms. The first-order chi connectivity index (χ1) is 8.72. The van der Waals surface area contributed by atoms with Crippen LogP contribution in [-0.4, -0.2) is 9.38 Å². The molecule has 3 aromatic rings. The number of pyridine rings is 1. The van der Waals surface area contributed by atoms with Crippen LogP contribution in [0.15, 0.2) is 53.3 Å². The molecule has 0 radical (unpaired) electrons. The molecule has 2 aromatic heterocycles. The van der Waals surface area contributed by atoms with Gasteiger partial charge in [-0.25, -0.2) is 4.98 Å². The fourth-order valence-corrected chi connectivity index (χ4v) is 2.33. The van der Waals surface area contributed by atoms with Crippen LogP contribution in [0.1, 0.15) is 17.0 Å². The quantitative estimate of drug-likeness (QED) is 0.699. The maximum Gasteiger partial charge on any atom is 0.117 e. The predicted octanol–water partition coefficient (Wildman–Crippen LogP) is 4.00. The van der Waals surface area contributed by atoms with Crippen LogP contribution >= 0.6 is 15.9 Å². The zero-order valence-corrected chi connectivity index (χ0v) is 11.7. The van der Waals surface area contributed by atoms with Gasteiger partial charge in [0.2, 0.25) is 0 Å². The topological polar surface area (TPSA) is 17.3 Å². The van der Waals surface area contributed by atoms with E-state index < -0.39 is 0 Å². The highest BCUT2D eigenvalue weighted by atomic mass is 79.9. The van der Waals surface area contributed by atoms with E-state index >= 15 is 0 Å². The maximum absolute atomic E-state index is 4.51. The van der Waals surface area contributed by atoms with Gasteiger partial charge in [0.25, 0.3) is 0 Å². The van der Waals surface area contributed by atoms with Crippen molar-refractivity contribution in [1.82, 2.24) is 9.38 Å². The summed E-state index contributed by atoms with van der Waals surface area (Å²) in [7, 11) is 0. The van der Waals surface area contributed by atoms with Gasteiger partial charge in [0.1, 0.15) is 5.82 Å². The average molecular weight is 301 g/mol. The minimum absolute atomic E-state index is 0.852. The number of fused-ring (bicyclic) bond motifs is 1. The SMILES string of the molecule is Cc1ccc2cnc(Cc3ccc(Br)cc3)n2c1. The van der Waals surface area contributed by atoms with E-state index in [9.17, 15) is 0 Å². The summed E-state index contributed by atoms with van der Waals surface area (Å²) in [6.45, 7) is 2.10. The Morgan fingerprint density at radius 3 is 2.67 bits per heavy atom. The summed E-state index contributed by atoms with van der Waals surface area (Å²) in [5.74, 6) is 1.08. The molecule has 0 unspecified atom stereocenters. The summed E-state index contributed by atoms with van der Waals surface area (Å²) in [6, 6.07) is 12.6. The van der Waals surface area contributed by atoms with Crippen molar-refractivity contribution in [3.8, 4) is 0 Å². The number of rotatable bonds is 2. The summed E-state index contributed by atoms with van der Waals surface area (Å²) in [6.07, 6.45) is 4.91. The molecule has 0 fully saturated rings. The van der Waals surface area contributed by atoms with Gasteiger partial charge in [0.15, 0.2) is 0 Å². The van der Waals surface area contributed by atoms with Crippen molar-refractivity contribution in [2.75, 3.05) is 0 Å². The van der Waals surface area contributed by atoms with Gasteiger partial charge in [-0.2, -0.15) is 0 Å². The van der Waals surface area contributed by atoms with Crippen molar-refractivity contribution in [3.05, 3.63) is 70.2 Å². The van der Waals surface area contributed by atoms with E-state index in [4.69, 9.17) is 0 Å². The molecule has 1 aromatic carbocycles. The Balaban J connectivity index is 1.99. The molecule has 2 heterocycles. The lowest BCUT2D eigenvalue weighted by molar-refractivity contribution is 0.956. The summed E-state index contributed by atoms with van der Waals surface area (Å²) in [4.78, 5) is 4.51. The first-order valence-electron chi connectivity index (χ1n) is 5.89. The van der Waals surface area contributed by atoms with Crippen LogP contribution in [0.25, 0.3) is 5.52 Å². The molecule has 18 heavy (non-hydrogen) atoms. The number of hydrogen-bond acceptors (Lipinski definition) is 1. The number of imidazole rings is 1. The van der Waals surface area contributed by atoms with Crippen molar-refractivity contribution in [2.45, 2.75) is 13.3 Å². The van der Waals surface area contributed by atoms with Crippen LogP contribution in [-0.2, 0) is 6.42 Å². The molecule has 0 amide bonds. The van der Waals surface area contributed by atoms with Crippen LogP contribution in [0.4, 0.5) is 0 Å². The van der Waals surface area contributed by atoms with E-state index in [1.165, 1.54) is 11.1 Å². The van der Waals surface area contributed by atoms with Crippen LogP contribution in [0.2, 0.25) is 0 Å². The highest BCUT2D eigenvalue weighted by molar-refractivity contribution is 9.10. The molecular weight excluding hydrogens is 288 g/mol. The second-order valence-electron chi connectivity index (χ2n) is 4.48. The van der Waals surface area contributed by atoms with Crippen LogP contribution in [0.3, 0.4) is 0 Å². The Kier molecular flexibility index (Phi) is 2.92. The fourth-order valence-electron chi connectivity index (χ4n) is 2.07. The van der Waals surface area contributed by atoms with E-state index in [1.54, 1.807) is 0 Å². The van der Waals surface area contributed by atoms with E-state index in [1.807, 2.05) is 6.20 Å². The smallest absolute Gasteiger partial charge is 0.117 e. The van der Waals surface area contributed by atoms with E-state index in [0.29, 0.717) is 0 Å².